The monoisotopic (exact) mass is 367 g/mol. The number of alkyl halides is 3. The van der Waals surface area contributed by atoms with Crippen molar-refractivity contribution in [3.8, 4) is 11.4 Å². The number of carbonyl (C=O) groups is 1. The van der Waals surface area contributed by atoms with Gasteiger partial charge in [0.15, 0.2) is 0 Å². The molecule has 0 spiro atoms. The predicted molar refractivity (Wildman–Crippen MR) is 87.9 cm³/mol. The van der Waals surface area contributed by atoms with E-state index in [0.29, 0.717) is 19.0 Å². The normalized spacial score (nSPS) is 17.3. The van der Waals surface area contributed by atoms with Crippen LogP contribution >= 0.6 is 0 Å². The molecule has 1 aliphatic rings. The second-order valence-corrected chi connectivity index (χ2v) is 6.70. The first-order valence-corrected chi connectivity index (χ1v) is 8.51. The first-order valence-electron chi connectivity index (χ1n) is 8.51. The van der Waals surface area contributed by atoms with Crippen LogP contribution in [0.1, 0.15) is 38.3 Å². The largest absolute Gasteiger partial charge is 0.416 e. The number of benzene rings is 1. The molecule has 140 valence electrons. The van der Waals surface area contributed by atoms with Crippen molar-refractivity contribution in [1.29, 1.82) is 0 Å². The van der Waals surface area contributed by atoms with Crippen molar-refractivity contribution in [3.05, 3.63) is 29.8 Å². The number of hydrogen-bond acceptors (Lipinski definition) is 4. The van der Waals surface area contributed by atoms with Crippen molar-refractivity contribution in [1.82, 2.24) is 25.1 Å². The number of rotatable bonds is 3. The van der Waals surface area contributed by atoms with Gasteiger partial charge in [-0.15, -0.1) is 10.2 Å². The summed E-state index contributed by atoms with van der Waals surface area (Å²) in [6.45, 7) is 5.21. The molecule has 1 aromatic carbocycles. The zero-order valence-corrected chi connectivity index (χ0v) is 14.6. The maximum atomic E-state index is 12.8. The van der Waals surface area contributed by atoms with Gasteiger partial charge in [0.1, 0.15) is 6.04 Å². The molecule has 0 unspecified atom stereocenters. The lowest BCUT2D eigenvalue weighted by atomic mass is 9.99. The number of halogens is 3. The molecule has 26 heavy (non-hydrogen) atoms. The molecule has 2 aromatic rings. The van der Waals surface area contributed by atoms with Gasteiger partial charge < -0.3 is 4.90 Å². The highest BCUT2D eigenvalue weighted by Crippen LogP contribution is 2.31. The molecule has 0 bridgehead atoms. The van der Waals surface area contributed by atoms with Crippen LogP contribution in [0.25, 0.3) is 11.4 Å². The van der Waals surface area contributed by atoms with E-state index in [4.69, 9.17) is 0 Å². The van der Waals surface area contributed by atoms with Crippen molar-refractivity contribution >= 4 is 5.91 Å². The van der Waals surface area contributed by atoms with Crippen LogP contribution in [0.2, 0.25) is 0 Å². The van der Waals surface area contributed by atoms with E-state index in [1.54, 1.807) is 11.8 Å². The minimum atomic E-state index is -4.44. The second kappa shape index (κ2) is 7.05. The van der Waals surface area contributed by atoms with Gasteiger partial charge in [-0.05, 0) is 43.0 Å². The van der Waals surface area contributed by atoms with E-state index >= 15 is 0 Å². The van der Waals surface area contributed by atoms with Crippen LogP contribution in [0.5, 0.6) is 0 Å². The summed E-state index contributed by atoms with van der Waals surface area (Å²) in [5.74, 6) is 0.555. The van der Waals surface area contributed by atoms with Crippen LogP contribution in [-0.4, -0.2) is 44.1 Å². The van der Waals surface area contributed by atoms with E-state index in [1.807, 2.05) is 0 Å². The number of piperidine rings is 1. The van der Waals surface area contributed by atoms with E-state index in [-0.39, 0.29) is 17.3 Å². The number of nitrogens with zero attached hydrogens (tertiary/aromatic N) is 5. The third kappa shape index (κ3) is 3.86. The van der Waals surface area contributed by atoms with Gasteiger partial charge in [-0.2, -0.15) is 18.0 Å². The summed E-state index contributed by atoms with van der Waals surface area (Å²) in [4.78, 5) is 15.5. The average Bonchev–Trinajstić information content (AvgIpc) is 3.10. The Morgan fingerprint density at radius 1 is 1.27 bits per heavy atom. The van der Waals surface area contributed by atoms with E-state index in [9.17, 15) is 18.0 Å². The summed E-state index contributed by atoms with van der Waals surface area (Å²) in [5, 5.41) is 11.8. The molecular weight excluding hydrogens is 347 g/mol. The van der Waals surface area contributed by atoms with Crippen LogP contribution in [-0.2, 0) is 11.0 Å². The lowest BCUT2D eigenvalue weighted by Crippen LogP contribution is -2.41. The molecule has 1 fully saturated rings. The van der Waals surface area contributed by atoms with Crippen LogP contribution < -0.4 is 0 Å². The van der Waals surface area contributed by atoms with Gasteiger partial charge in [-0.1, -0.05) is 19.1 Å². The van der Waals surface area contributed by atoms with Crippen molar-refractivity contribution in [2.45, 2.75) is 38.9 Å². The number of hydrogen-bond donors (Lipinski definition) is 0. The maximum absolute atomic E-state index is 12.8. The van der Waals surface area contributed by atoms with Gasteiger partial charge in [-0.25, -0.2) is 0 Å². The van der Waals surface area contributed by atoms with Gasteiger partial charge >= 0.3 is 6.18 Å². The van der Waals surface area contributed by atoms with Crippen molar-refractivity contribution in [2.24, 2.45) is 5.92 Å². The van der Waals surface area contributed by atoms with Crippen LogP contribution in [0.3, 0.4) is 0 Å². The molecule has 0 aliphatic carbocycles. The highest BCUT2D eigenvalue weighted by Gasteiger charge is 2.31. The third-order valence-corrected chi connectivity index (χ3v) is 4.68. The Balaban J connectivity index is 1.76. The lowest BCUT2D eigenvalue weighted by Gasteiger charge is -2.31. The van der Waals surface area contributed by atoms with Crippen LogP contribution in [0.4, 0.5) is 13.2 Å². The Hall–Kier alpha value is -2.45. The molecule has 3 rings (SSSR count). The molecule has 2 heterocycles. The molecule has 1 aromatic heterocycles. The Morgan fingerprint density at radius 2 is 1.96 bits per heavy atom. The SMILES string of the molecule is CC1CCN(C(=O)[C@@H](C)n2nnc(-c3cccc(C(F)(F)F)c3)n2)CC1. The highest BCUT2D eigenvalue weighted by molar-refractivity contribution is 5.80. The number of carbonyl (C=O) groups excluding carboxylic acids is 1. The summed E-state index contributed by atoms with van der Waals surface area (Å²) >= 11 is 0. The van der Waals surface area contributed by atoms with E-state index in [2.05, 4.69) is 22.3 Å². The summed E-state index contributed by atoms with van der Waals surface area (Å²) in [6.07, 6.45) is -2.53. The summed E-state index contributed by atoms with van der Waals surface area (Å²) in [7, 11) is 0. The van der Waals surface area contributed by atoms with Crippen molar-refractivity contribution in [3.63, 3.8) is 0 Å². The third-order valence-electron chi connectivity index (χ3n) is 4.68. The van der Waals surface area contributed by atoms with E-state index in [0.717, 1.165) is 29.8 Å². The first kappa shape index (κ1) is 18.3. The van der Waals surface area contributed by atoms with Crippen LogP contribution in [0.15, 0.2) is 24.3 Å². The van der Waals surface area contributed by atoms with Crippen LogP contribution in [0, 0.1) is 5.92 Å². The number of amides is 1. The quantitative estimate of drug-likeness (QED) is 0.836. The molecule has 0 radical (unpaired) electrons. The summed E-state index contributed by atoms with van der Waals surface area (Å²) < 4.78 is 38.5. The van der Waals surface area contributed by atoms with Crippen molar-refractivity contribution < 1.29 is 18.0 Å². The smallest absolute Gasteiger partial charge is 0.341 e. The first-order chi connectivity index (χ1) is 12.3. The van der Waals surface area contributed by atoms with Gasteiger partial charge in [0, 0.05) is 18.7 Å². The minimum Gasteiger partial charge on any atom is -0.341 e. The molecule has 0 saturated carbocycles. The highest BCUT2D eigenvalue weighted by atomic mass is 19.4. The molecule has 6 nitrogen and oxygen atoms in total. The van der Waals surface area contributed by atoms with Gasteiger partial charge in [0.05, 0.1) is 5.56 Å². The summed E-state index contributed by atoms with van der Waals surface area (Å²) in [6, 6.07) is 4.07. The Bertz CT molecular complexity index is 781. The minimum absolute atomic E-state index is 0.0583. The zero-order chi connectivity index (χ0) is 18.9. The molecular formula is C17H20F3N5O. The summed E-state index contributed by atoms with van der Waals surface area (Å²) in [5.41, 5.74) is -0.574. The predicted octanol–water partition coefficient (Wildman–Crippen LogP) is 3.18. The Labute approximate surface area is 149 Å². The fourth-order valence-electron chi connectivity index (χ4n) is 2.93. The molecule has 1 amide bonds. The topological polar surface area (TPSA) is 63.9 Å². The fraction of sp³-hybridized carbons (Fsp3) is 0.529. The average molecular weight is 367 g/mol. The van der Waals surface area contributed by atoms with Gasteiger partial charge in [0.25, 0.3) is 0 Å². The molecule has 1 aliphatic heterocycles. The standard InChI is InChI=1S/C17H20F3N5O/c1-11-6-8-24(9-7-11)16(26)12(2)25-22-15(21-23-25)13-4-3-5-14(10-13)17(18,19)20/h3-5,10-12H,6-9H2,1-2H3/t12-/m1/s1. The number of likely N-dealkylation sites (tertiary alicyclic amines) is 1. The molecule has 1 atom stereocenters. The Kier molecular flexibility index (Phi) is 4.97. The van der Waals surface area contributed by atoms with Crippen molar-refractivity contribution in [2.75, 3.05) is 13.1 Å². The van der Waals surface area contributed by atoms with E-state index < -0.39 is 17.8 Å². The fourth-order valence-corrected chi connectivity index (χ4v) is 2.93. The maximum Gasteiger partial charge on any atom is 0.416 e. The Morgan fingerprint density at radius 3 is 2.62 bits per heavy atom. The zero-order valence-electron chi connectivity index (χ0n) is 14.6. The molecule has 1 saturated heterocycles. The lowest BCUT2D eigenvalue weighted by molar-refractivity contribution is -0.137. The second-order valence-electron chi connectivity index (χ2n) is 6.70. The van der Waals surface area contributed by atoms with Gasteiger partial charge in [-0.3, -0.25) is 4.79 Å². The van der Waals surface area contributed by atoms with E-state index in [1.165, 1.54) is 12.1 Å². The number of tetrazole rings is 1. The number of aromatic nitrogens is 4. The molecule has 0 N–H and O–H groups in total. The molecule has 9 heteroatoms. The van der Waals surface area contributed by atoms with Gasteiger partial charge in [0.2, 0.25) is 11.7 Å².